The van der Waals surface area contributed by atoms with Crippen LogP contribution in [-0.4, -0.2) is 6.54 Å². The molecule has 1 rings (SSSR count). The highest BCUT2D eigenvalue weighted by molar-refractivity contribution is 5.25. The highest BCUT2D eigenvalue weighted by atomic mass is 19.1. The summed E-state index contributed by atoms with van der Waals surface area (Å²) in [6.45, 7) is 2.25. The van der Waals surface area contributed by atoms with Crippen LogP contribution in [0.5, 0.6) is 0 Å². The van der Waals surface area contributed by atoms with E-state index in [0.717, 1.165) is 18.9 Å². The van der Waals surface area contributed by atoms with Crippen LogP contribution in [0.3, 0.4) is 0 Å². The van der Waals surface area contributed by atoms with Crippen LogP contribution in [0.2, 0.25) is 0 Å². The van der Waals surface area contributed by atoms with Gasteiger partial charge in [-0.3, -0.25) is 0 Å². The third kappa shape index (κ3) is 2.77. The van der Waals surface area contributed by atoms with Crippen molar-refractivity contribution in [1.29, 1.82) is 0 Å². The van der Waals surface area contributed by atoms with Crippen molar-refractivity contribution < 1.29 is 8.78 Å². The summed E-state index contributed by atoms with van der Waals surface area (Å²) in [6.07, 6.45) is 2.35. The van der Waals surface area contributed by atoms with Gasteiger partial charge in [0.1, 0.15) is 11.6 Å². The summed E-state index contributed by atoms with van der Waals surface area (Å²) in [6, 6.07) is 2.52. The first kappa shape index (κ1) is 11.1. The van der Waals surface area contributed by atoms with Gasteiger partial charge in [0, 0.05) is 6.07 Å². The molecule has 0 heterocycles. The van der Waals surface area contributed by atoms with E-state index in [1.807, 2.05) is 0 Å². The predicted octanol–water partition coefficient (Wildman–Crippen LogP) is 2.55. The van der Waals surface area contributed by atoms with Crippen molar-refractivity contribution in [3.63, 3.8) is 0 Å². The summed E-state index contributed by atoms with van der Waals surface area (Å²) in [5.74, 6) is -0.935. The van der Waals surface area contributed by atoms with Crippen molar-refractivity contribution in [2.75, 3.05) is 6.54 Å². The first-order valence-corrected chi connectivity index (χ1v) is 4.79. The van der Waals surface area contributed by atoms with Crippen LogP contribution in [0, 0.1) is 18.6 Å². The Hall–Kier alpha value is -0.960. The Bertz CT molecular complexity index is 310. The fourth-order valence-electron chi connectivity index (χ4n) is 1.37. The Morgan fingerprint density at radius 2 is 1.86 bits per heavy atom. The smallest absolute Gasteiger partial charge is 0.129 e. The van der Waals surface area contributed by atoms with E-state index >= 15 is 0 Å². The number of nitrogens with two attached hydrogens (primary N) is 1. The summed E-state index contributed by atoms with van der Waals surface area (Å²) in [7, 11) is 0. The molecule has 0 aliphatic heterocycles. The fraction of sp³-hybridized carbons (Fsp3) is 0.455. The number of rotatable bonds is 4. The van der Waals surface area contributed by atoms with Crippen LogP contribution in [0.15, 0.2) is 12.1 Å². The standard InChI is InChI=1S/C11H15F2N/c1-8-6-9(4-2-3-5-14)11(13)7-10(8)12/h6-7H,2-5,14H2,1H3. The normalized spacial score (nSPS) is 10.6. The third-order valence-electron chi connectivity index (χ3n) is 2.23. The highest BCUT2D eigenvalue weighted by Crippen LogP contribution is 2.16. The zero-order chi connectivity index (χ0) is 10.6. The maximum absolute atomic E-state index is 13.2. The topological polar surface area (TPSA) is 26.0 Å². The molecule has 0 spiro atoms. The molecule has 0 atom stereocenters. The van der Waals surface area contributed by atoms with Gasteiger partial charge >= 0.3 is 0 Å². The molecule has 2 N–H and O–H groups in total. The Morgan fingerprint density at radius 1 is 1.14 bits per heavy atom. The Morgan fingerprint density at radius 3 is 2.50 bits per heavy atom. The molecule has 14 heavy (non-hydrogen) atoms. The molecule has 0 aliphatic carbocycles. The third-order valence-corrected chi connectivity index (χ3v) is 2.23. The molecule has 3 heteroatoms. The van der Waals surface area contributed by atoms with Gasteiger partial charge in [-0.05, 0) is 43.9 Å². The number of benzene rings is 1. The predicted molar refractivity (Wildman–Crippen MR) is 53.1 cm³/mol. The number of hydrogen-bond donors (Lipinski definition) is 1. The molecular formula is C11H15F2N. The largest absolute Gasteiger partial charge is 0.330 e. The van der Waals surface area contributed by atoms with Crippen LogP contribution in [0.25, 0.3) is 0 Å². The van der Waals surface area contributed by atoms with Gasteiger partial charge in [-0.25, -0.2) is 8.78 Å². The maximum Gasteiger partial charge on any atom is 0.129 e. The Labute approximate surface area is 82.9 Å². The lowest BCUT2D eigenvalue weighted by Gasteiger charge is -2.05. The first-order valence-electron chi connectivity index (χ1n) is 4.79. The number of unbranched alkanes of at least 4 members (excludes halogenated alkanes) is 1. The van der Waals surface area contributed by atoms with E-state index in [-0.39, 0.29) is 0 Å². The number of aryl methyl sites for hydroxylation is 2. The van der Waals surface area contributed by atoms with E-state index in [4.69, 9.17) is 5.73 Å². The van der Waals surface area contributed by atoms with E-state index in [1.165, 1.54) is 0 Å². The molecule has 0 amide bonds. The minimum Gasteiger partial charge on any atom is -0.330 e. The van der Waals surface area contributed by atoms with Gasteiger partial charge in [-0.15, -0.1) is 0 Å². The molecule has 0 aliphatic rings. The molecule has 0 fully saturated rings. The van der Waals surface area contributed by atoms with Gasteiger partial charge in [-0.2, -0.15) is 0 Å². The molecule has 78 valence electrons. The quantitative estimate of drug-likeness (QED) is 0.741. The van der Waals surface area contributed by atoms with Gasteiger partial charge < -0.3 is 5.73 Å². The molecule has 0 unspecified atom stereocenters. The lowest BCUT2D eigenvalue weighted by Crippen LogP contribution is -2.00. The highest BCUT2D eigenvalue weighted by Gasteiger charge is 2.06. The van der Waals surface area contributed by atoms with E-state index in [1.54, 1.807) is 13.0 Å². The van der Waals surface area contributed by atoms with E-state index in [2.05, 4.69) is 0 Å². The Kier molecular flexibility index (Phi) is 4.01. The van der Waals surface area contributed by atoms with Crippen LogP contribution in [0.4, 0.5) is 8.78 Å². The van der Waals surface area contributed by atoms with Gasteiger partial charge in [0.05, 0.1) is 0 Å². The summed E-state index contributed by atoms with van der Waals surface area (Å²) in [5.41, 5.74) is 6.41. The summed E-state index contributed by atoms with van der Waals surface area (Å²) in [4.78, 5) is 0. The minimum absolute atomic E-state index is 0.454. The van der Waals surface area contributed by atoms with Crippen LogP contribution >= 0.6 is 0 Å². The molecule has 0 radical (unpaired) electrons. The summed E-state index contributed by atoms with van der Waals surface area (Å²) < 4.78 is 26.1. The second-order valence-electron chi connectivity index (χ2n) is 3.44. The van der Waals surface area contributed by atoms with Gasteiger partial charge in [0.25, 0.3) is 0 Å². The van der Waals surface area contributed by atoms with Crippen LogP contribution < -0.4 is 5.73 Å². The molecule has 1 aromatic rings. The number of halogens is 2. The van der Waals surface area contributed by atoms with Crippen molar-refractivity contribution in [3.8, 4) is 0 Å². The van der Waals surface area contributed by atoms with Gasteiger partial charge in [0.2, 0.25) is 0 Å². The second kappa shape index (κ2) is 5.05. The van der Waals surface area contributed by atoms with Crippen molar-refractivity contribution in [1.82, 2.24) is 0 Å². The van der Waals surface area contributed by atoms with Crippen LogP contribution in [0.1, 0.15) is 24.0 Å². The monoisotopic (exact) mass is 199 g/mol. The minimum atomic E-state index is -0.481. The van der Waals surface area contributed by atoms with E-state index < -0.39 is 11.6 Å². The van der Waals surface area contributed by atoms with Gasteiger partial charge in [-0.1, -0.05) is 6.07 Å². The average molecular weight is 199 g/mol. The zero-order valence-electron chi connectivity index (χ0n) is 8.32. The second-order valence-corrected chi connectivity index (χ2v) is 3.44. The molecule has 0 aromatic heterocycles. The molecule has 1 nitrogen and oxygen atoms in total. The van der Waals surface area contributed by atoms with Crippen molar-refractivity contribution in [2.45, 2.75) is 26.2 Å². The van der Waals surface area contributed by atoms with Crippen LogP contribution in [-0.2, 0) is 6.42 Å². The summed E-state index contributed by atoms with van der Waals surface area (Å²) in [5, 5.41) is 0. The lowest BCUT2D eigenvalue weighted by molar-refractivity contribution is 0.562. The first-order chi connectivity index (χ1) is 6.65. The van der Waals surface area contributed by atoms with Crippen molar-refractivity contribution >= 4 is 0 Å². The van der Waals surface area contributed by atoms with Crippen molar-refractivity contribution in [2.24, 2.45) is 5.73 Å². The van der Waals surface area contributed by atoms with E-state index in [0.29, 0.717) is 24.1 Å². The fourth-order valence-corrected chi connectivity index (χ4v) is 1.37. The molecule has 1 aromatic carbocycles. The maximum atomic E-state index is 13.2. The average Bonchev–Trinajstić information content (AvgIpc) is 2.14. The molecule has 0 saturated heterocycles. The van der Waals surface area contributed by atoms with Crippen molar-refractivity contribution in [3.05, 3.63) is 34.9 Å². The lowest BCUT2D eigenvalue weighted by atomic mass is 10.0. The van der Waals surface area contributed by atoms with Gasteiger partial charge in [0.15, 0.2) is 0 Å². The molecular weight excluding hydrogens is 184 g/mol. The SMILES string of the molecule is Cc1cc(CCCCN)c(F)cc1F. The number of hydrogen-bond acceptors (Lipinski definition) is 1. The zero-order valence-corrected chi connectivity index (χ0v) is 8.32. The Balaban J connectivity index is 2.72. The van der Waals surface area contributed by atoms with E-state index in [9.17, 15) is 8.78 Å². The molecule has 0 saturated carbocycles. The molecule has 0 bridgehead atoms. The summed E-state index contributed by atoms with van der Waals surface area (Å²) >= 11 is 0.